The van der Waals surface area contributed by atoms with E-state index in [1.807, 2.05) is 36.4 Å². The van der Waals surface area contributed by atoms with Crippen molar-refractivity contribution in [1.82, 2.24) is 9.78 Å². The van der Waals surface area contributed by atoms with Crippen LogP contribution < -0.4 is 0 Å². The van der Waals surface area contributed by atoms with Gasteiger partial charge in [-0.15, -0.1) is 0 Å². The highest BCUT2D eigenvalue weighted by atomic mass is 16.2. The van der Waals surface area contributed by atoms with Gasteiger partial charge < -0.3 is 5.11 Å². The van der Waals surface area contributed by atoms with E-state index in [1.54, 1.807) is 10.9 Å². The van der Waals surface area contributed by atoms with Gasteiger partial charge in [0.15, 0.2) is 0 Å². The van der Waals surface area contributed by atoms with E-state index in [0.717, 1.165) is 11.4 Å². The van der Waals surface area contributed by atoms with Crippen LogP contribution in [0, 0.1) is 11.8 Å². The molecule has 2 rings (SSSR count). The van der Waals surface area contributed by atoms with Crippen LogP contribution in [0.2, 0.25) is 0 Å². The van der Waals surface area contributed by atoms with E-state index >= 15 is 0 Å². The number of hydrogen-bond acceptors (Lipinski definition) is 2. The van der Waals surface area contributed by atoms with Crippen molar-refractivity contribution in [2.45, 2.75) is 6.42 Å². The summed E-state index contributed by atoms with van der Waals surface area (Å²) in [5, 5.41) is 12.9. The molecule has 0 amide bonds. The van der Waals surface area contributed by atoms with Gasteiger partial charge in [0.25, 0.3) is 0 Å². The van der Waals surface area contributed by atoms with Crippen LogP contribution in [0.15, 0.2) is 42.6 Å². The molecule has 0 fully saturated rings. The molecule has 3 nitrogen and oxygen atoms in total. The van der Waals surface area contributed by atoms with E-state index in [2.05, 4.69) is 16.9 Å². The maximum Gasteiger partial charge on any atom is 0.116 e. The Kier molecular flexibility index (Phi) is 3.37. The minimum absolute atomic E-state index is 0.0898. The lowest BCUT2D eigenvalue weighted by Gasteiger charge is -2.01. The fraction of sp³-hybridized carbons (Fsp3) is 0.154. The van der Waals surface area contributed by atoms with Gasteiger partial charge in [0.05, 0.1) is 18.5 Å². The Bertz CT molecular complexity index is 505. The quantitative estimate of drug-likeness (QED) is 0.768. The summed E-state index contributed by atoms with van der Waals surface area (Å²) in [6.45, 7) is 0.0898. The first-order valence-corrected chi connectivity index (χ1v) is 5.11. The van der Waals surface area contributed by atoms with E-state index in [9.17, 15) is 0 Å². The summed E-state index contributed by atoms with van der Waals surface area (Å²) in [7, 11) is 0. The van der Waals surface area contributed by atoms with E-state index in [-0.39, 0.29) is 6.61 Å². The van der Waals surface area contributed by atoms with Crippen molar-refractivity contribution in [2.24, 2.45) is 0 Å². The SMILES string of the molecule is OCCC#Cc1ccnn1-c1ccccc1. The normalized spacial score (nSPS) is 9.56. The Morgan fingerprint density at radius 1 is 1.19 bits per heavy atom. The second-order valence-electron chi connectivity index (χ2n) is 3.24. The van der Waals surface area contributed by atoms with Crippen molar-refractivity contribution in [3.8, 4) is 17.5 Å². The lowest BCUT2D eigenvalue weighted by Crippen LogP contribution is -1.98. The molecular weight excluding hydrogens is 200 g/mol. The molecule has 2 aromatic rings. The average Bonchev–Trinajstić information content (AvgIpc) is 2.79. The Morgan fingerprint density at radius 3 is 2.75 bits per heavy atom. The highest BCUT2D eigenvalue weighted by molar-refractivity contribution is 5.38. The predicted molar refractivity (Wildman–Crippen MR) is 62.1 cm³/mol. The standard InChI is InChI=1S/C13H12N2O/c16-11-5-4-8-13-9-10-14-15(13)12-6-2-1-3-7-12/h1-3,6-7,9-10,16H,5,11H2. The Balaban J connectivity index is 2.31. The maximum atomic E-state index is 8.66. The van der Waals surface area contributed by atoms with Crippen molar-refractivity contribution >= 4 is 0 Å². The molecule has 1 heterocycles. The van der Waals surface area contributed by atoms with Crippen molar-refractivity contribution in [2.75, 3.05) is 6.61 Å². The van der Waals surface area contributed by atoms with Crippen LogP contribution >= 0.6 is 0 Å². The minimum Gasteiger partial charge on any atom is -0.395 e. The zero-order valence-electron chi connectivity index (χ0n) is 8.80. The van der Waals surface area contributed by atoms with Gasteiger partial charge >= 0.3 is 0 Å². The number of benzene rings is 1. The predicted octanol–water partition coefficient (Wildman–Crippen LogP) is 1.61. The summed E-state index contributed by atoms with van der Waals surface area (Å²) < 4.78 is 1.78. The number of para-hydroxylation sites is 1. The summed E-state index contributed by atoms with van der Waals surface area (Å²) >= 11 is 0. The minimum atomic E-state index is 0.0898. The molecule has 0 bridgehead atoms. The highest BCUT2D eigenvalue weighted by Gasteiger charge is 2.00. The van der Waals surface area contributed by atoms with Crippen molar-refractivity contribution in [3.05, 3.63) is 48.3 Å². The van der Waals surface area contributed by atoms with Crippen LogP contribution in [-0.2, 0) is 0 Å². The third-order valence-corrected chi connectivity index (χ3v) is 2.10. The zero-order valence-corrected chi connectivity index (χ0v) is 8.80. The molecular formula is C13H12N2O. The summed E-state index contributed by atoms with van der Waals surface area (Å²) in [6, 6.07) is 11.7. The molecule has 0 aliphatic heterocycles. The second-order valence-corrected chi connectivity index (χ2v) is 3.24. The second kappa shape index (κ2) is 5.15. The molecule has 0 radical (unpaired) electrons. The van der Waals surface area contributed by atoms with Gasteiger partial charge in [-0.1, -0.05) is 24.1 Å². The first-order chi connectivity index (χ1) is 7.92. The van der Waals surface area contributed by atoms with Gasteiger partial charge in [-0.05, 0) is 24.1 Å². The largest absolute Gasteiger partial charge is 0.395 e. The smallest absolute Gasteiger partial charge is 0.116 e. The lowest BCUT2D eigenvalue weighted by atomic mass is 10.3. The molecule has 16 heavy (non-hydrogen) atoms. The number of nitrogens with zero attached hydrogens (tertiary/aromatic N) is 2. The van der Waals surface area contributed by atoms with Crippen molar-refractivity contribution < 1.29 is 5.11 Å². The monoisotopic (exact) mass is 212 g/mol. The highest BCUT2D eigenvalue weighted by Crippen LogP contribution is 2.08. The first kappa shape index (κ1) is 10.5. The van der Waals surface area contributed by atoms with Crippen LogP contribution in [0.25, 0.3) is 5.69 Å². The molecule has 0 aliphatic carbocycles. The lowest BCUT2D eigenvalue weighted by molar-refractivity contribution is 0.305. The van der Waals surface area contributed by atoms with Gasteiger partial charge in [0.1, 0.15) is 5.69 Å². The molecule has 0 atom stereocenters. The molecule has 1 aromatic heterocycles. The van der Waals surface area contributed by atoms with Crippen LogP contribution in [0.1, 0.15) is 12.1 Å². The van der Waals surface area contributed by atoms with Gasteiger partial charge in [0, 0.05) is 6.42 Å². The first-order valence-electron chi connectivity index (χ1n) is 5.11. The Morgan fingerprint density at radius 2 is 2.00 bits per heavy atom. The third-order valence-electron chi connectivity index (χ3n) is 2.10. The van der Waals surface area contributed by atoms with Crippen LogP contribution in [-0.4, -0.2) is 21.5 Å². The molecule has 1 N–H and O–H groups in total. The van der Waals surface area contributed by atoms with Crippen molar-refractivity contribution in [3.63, 3.8) is 0 Å². The fourth-order valence-electron chi connectivity index (χ4n) is 1.38. The average molecular weight is 212 g/mol. The van der Waals surface area contributed by atoms with Gasteiger partial charge in [0.2, 0.25) is 0 Å². The van der Waals surface area contributed by atoms with Crippen LogP contribution in [0.3, 0.4) is 0 Å². The van der Waals surface area contributed by atoms with E-state index in [1.165, 1.54) is 0 Å². The van der Waals surface area contributed by atoms with Gasteiger partial charge in [-0.2, -0.15) is 5.10 Å². The summed E-state index contributed by atoms with van der Waals surface area (Å²) in [4.78, 5) is 0. The summed E-state index contributed by atoms with van der Waals surface area (Å²) in [6.07, 6.45) is 2.20. The molecule has 0 saturated heterocycles. The Labute approximate surface area is 94.3 Å². The number of rotatable bonds is 2. The molecule has 3 heteroatoms. The zero-order chi connectivity index (χ0) is 11.2. The van der Waals surface area contributed by atoms with Gasteiger partial charge in [-0.25, -0.2) is 4.68 Å². The summed E-state index contributed by atoms with van der Waals surface area (Å²) in [5.41, 5.74) is 1.82. The van der Waals surface area contributed by atoms with E-state index in [0.29, 0.717) is 6.42 Å². The molecule has 1 aromatic carbocycles. The summed E-state index contributed by atoms with van der Waals surface area (Å²) in [5.74, 6) is 5.87. The molecule has 80 valence electrons. The van der Waals surface area contributed by atoms with Crippen LogP contribution in [0.4, 0.5) is 0 Å². The Hall–Kier alpha value is -2.05. The topological polar surface area (TPSA) is 38.1 Å². The maximum absolute atomic E-state index is 8.66. The van der Waals surface area contributed by atoms with Crippen LogP contribution in [0.5, 0.6) is 0 Å². The van der Waals surface area contributed by atoms with E-state index in [4.69, 9.17) is 5.11 Å². The molecule has 0 spiro atoms. The number of aromatic nitrogens is 2. The molecule has 0 saturated carbocycles. The number of aliphatic hydroxyl groups excluding tert-OH is 1. The number of aliphatic hydroxyl groups is 1. The van der Waals surface area contributed by atoms with E-state index < -0.39 is 0 Å². The number of hydrogen-bond donors (Lipinski definition) is 1. The molecule has 0 aliphatic rings. The van der Waals surface area contributed by atoms with Crippen molar-refractivity contribution in [1.29, 1.82) is 0 Å². The molecule has 0 unspecified atom stereocenters. The fourth-order valence-corrected chi connectivity index (χ4v) is 1.38. The van der Waals surface area contributed by atoms with Gasteiger partial charge in [-0.3, -0.25) is 0 Å². The third kappa shape index (κ3) is 2.30.